The fraction of sp³-hybridized carbons (Fsp3) is 0.250. The molecule has 82 valence electrons. The maximum Gasteiger partial charge on any atom is 0.183 e. The van der Waals surface area contributed by atoms with Gasteiger partial charge in [0.15, 0.2) is 5.13 Å². The van der Waals surface area contributed by atoms with Gasteiger partial charge in [0, 0.05) is 11.6 Å². The Morgan fingerprint density at radius 2 is 2.38 bits per heavy atom. The van der Waals surface area contributed by atoms with Crippen LogP contribution >= 0.6 is 11.3 Å². The monoisotopic (exact) mass is 234 g/mol. The van der Waals surface area contributed by atoms with E-state index in [1.165, 1.54) is 6.07 Å². The third kappa shape index (κ3) is 1.59. The maximum atomic E-state index is 13.5. The van der Waals surface area contributed by atoms with E-state index >= 15 is 0 Å². The van der Waals surface area contributed by atoms with Crippen LogP contribution in [0.2, 0.25) is 0 Å². The van der Waals surface area contributed by atoms with Crippen molar-refractivity contribution >= 4 is 16.5 Å². The van der Waals surface area contributed by atoms with Crippen LogP contribution in [0.25, 0.3) is 0 Å². The average Bonchev–Trinajstić information content (AvgIpc) is 2.90. The van der Waals surface area contributed by atoms with Crippen LogP contribution in [0.5, 0.6) is 0 Å². The summed E-state index contributed by atoms with van der Waals surface area (Å²) in [5.74, 6) is -0.0825. The second-order valence-corrected chi connectivity index (χ2v) is 4.78. The summed E-state index contributed by atoms with van der Waals surface area (Å²) in [6.07, 6.45) is 3.52. The van der Waals surface area contributed by atoms with Gasteiger partial charge in [-0.05, 0) is 30.0 Å². The molecule has 1 atom stereocenters. The van der Waals surface area contributed by atoms with Crippen LogP contribution in [-0.4, -0.2) is 4.98 Å². The van der Waals surface area contributed by atoms with Crippen LogP contribution in [0, 0.1) is 5.82 Å². The average molecular weight is 234 g/mol. The number of thiazole rings is 1. The van der Waals surface area contributed by atoms with Crippen LogP contribution in [0.15, 0.2) is 29.8 Å². The molecule has 2 aromatic rings. The molecule has 4 heteroatoms. The highest BCUT2D eigenvalue weighted by Crippen LogP contribution is 2.35. The van der Waals surface area contributed by atoms with E-state index in [0.29, 0.717) is 0 Å². The van der Waals surface area contributed by atoms with Crippen molar-refractivity contribution in [2.75, 3.05) is 5.32 Å². The molecule has 1 aliphatic carbocycles. The molecule has 1 aromatic carbocycles. The Hall–Kier alpha value is -1.42. The minimum atomic E-state index is -0.0825. The van der Waals surface area contributed by atoms with Crippen LogP contribution < -0.4 is 5.32 Å². The molecule has 0 radical (unpaired) electrons. The third-order valence-corrected chi connectivity index (χ3v) is 3.65. The summed E-state index contributed by atoms with van der Waals surface area (Å²) in [5, 5.41) is 6.18. The van der Waals surface area contributed by atoms with E-state index < -0.39 is 0 Å². The molecular weight excluding hydrogens is 223 g/mol. The van der Waals surface area contributed by atoms with Gasteiger partial charge in [-0.2, -0.15) is 0 Å². The van der Waals surface area contributed by atoms with E-state index in [1.54, 1.807) is 23.6 Å². The second-order valence-electron chi connectivity index (χ2n) is 3.88. The molecule has 1 aromatic heterocycles. The van der Waals surface area contributed by atoms with Gasteiger partial charge in [0.05, 0.1) is 6.04 Å². The Kier molecular flexibility index (Phi) is 2.36. The van der Waals surface area contributed by atoms with E-state index in [2.05, 4.69) is 10.3 Å². The topological polar surface area (TPSA) is 24.9 Å². The van der Waals surface area contributed by atoms with Gasteiger partial charge >= 0.3 is 0 Å². The first-order chi connectivity index (χ1) is 7.84. The van der Waals surface area contributed by atoms with Crippen molar-refractivity contribution in [1.82, 2.24) is 4.98 Å². The van der Waals surface area contributed by atoms with Gasteiger partial charge in [0.2, 0.25) is 0 Å². The molecule has 0 saturated heterocycles. The minimum Gasteiger partial charge on any atom is -0.355 e. The predicted octanol–water partition coefficient (Wildman–Crippen LogP) is 3.38. The minimum absolute atomic E-state index is 0.0825. The zero-order valence-electron chi connectivity index (χ0n) is 8.61. The zero-order valence-corrected chi connectivity index (χ0v) is 9.43. The summed E-state index contributed by atoms with van der Waals surface area (Å²) >= 11 is 1.57. The fourth-order valence-electron chi connectivity index (χ4n) is 2.20. The lowest BCUT2D eigenvalue weighted by molar-refractivity contribution is 0.612. The summed E-state index contributed by atoms with van der Waals surface area (Å²) in [5.41, 5.74) is 1.94. The smallest absolute Gasteiger partial charge is 0.183 e. The molecular formula is C12H11FN2S. The summed E-state index contributed by atoms with van der Waals surface area (Å²) in [4.78, 5) is 4.19. The first-order valence-corrected chi connectivity index (χ1v) is 6.16. The van der Waals surface area contributed by atoms with Gasteiger partial charge in [0.1, 0.15) is 5.82 Å². The van der Waals surface area contributed by atoms with Crippen molar-refractivity contribution in [3.8, 4) is 0 Å². The van der Waals surface area contributed by atoms with Crippen LogP contribution in [0.1, 0.15) is 23.6 Å². The van der Waals surface area contributed by atoms with Gasteiger partial charge in [-0.15, -0.1) is 11.3 Å². The van der Waals surface area contributed by atoms with Crippen LogP contribution in [-0.2, 0) is 6.42 Å². The van der Waals surface area contributed by atoms with Gasteiger partial charge in [-0.25, -0.2) is 9.37 Å². The number of anilines is 1. The maximum absolute atomic E-state index is 13.5. The quantitative estimate of drug-likeness (QED) is 0.861. The molecule has 1 unspecified atom stereocenters. The van der Waals surface area contributed by atoms with Gasteiger partial charge < -0.3 is 5.32 Å². The lowest BCUT2D eigenvalue weighted by Gasteiger charge is -2.12. The number of benzene rings is 1. The number of fused-ring (bicyclic) bond motifs is 1. The summed E-state index contributed by atoms with van der Waals surface area (Å²) in [6, 6.07) is 5.51. The Morgan fingerprint density at radius 3 is 3.19 bits per heavy atom. The number of aromatic nitrogens is 1. The van der Waals surface area contributed by atoms with E-state index in [-0.39, 0.29) is 11.9 Å². The summed E-state index contributed by atoms with van der Waals surface area (Å²) < 4.78 is 13.5. The van der Waals surface area contributed by atoms with Gasteiger partial charge in [0.25, 0.3) is 0 Å². The Balaban J connectivity index is 1.89. The molecule has 0 saturated carbocycles. The molecule has 16 heavy (non-hydrogen) atoms. The van der Waals surface area contributed by atoms with E-state index in [9.17, 15) is 4.39 Å². The number of rotatable bonds is 2. The standard InChI is InChI=1S/C12H11FN2S/c13-10-3-1-2-9-8(10)4-5-11(9)15-12-14-6-7-16-12/h1-3,6-7,11H,4-5H2,(H,14,15). The number of halogens is 1. The third-order valence-electron chi connectivity index (χ3n) is 2.94. The molecule has 0 amide bonds. The highest BCUT2D eigenvalue weighted by atomic mass is 32.1. The Labute approximate surface area is 97.2 Å². The zero-order chi connectivity index (χ0) is 11.0. The summed E-state index contributed by atoms with van der Waals surface area (Å²) in [7, 11) is 0. The number of hydrogen-bond donors (Lipinski definition) is 1. The predicted molar refractivity (Wildman–Crippen MR) is 63.2 cm³/mol. The van der Waals surface area contributed by atoms with Gasteiger partial charge in [-0.1, -0.05) is 12.1 Å². The van der Waals surface area contributed by atoms with Crippen molar-refractivity contribution in [2.24, 2.45) is 0 Å². The van der Waals surface area contributed by atoms with E-state index in [0.717, 1.165) is 29.1 Å². The van der Waals surface area contributed by atoms with E-state index in [4.69, 9.17) is 0 Å². The number of hydrogen-bond acceptors (Lipinski definition) is 3. The molecule has 3 rings (SSSR count). The Morgan fingerprint density at radius 1 is 1.44 bits per heavy atom. The van der Waals surface area contributed by atoms with Crippen LogP contribution in [0.4, 0.5) is 9.52 Å². The Bertz CT molecular complexity index is 496. The lowest BCUT2D eigenvalue weighted by atomic mass is 10.1. The van der Waals surface area contributed by atoms with Crippen molar-refractivity contribution in [2.45, 2.75) is 18.9 Å². The van der Waals surface area contributed by atoms with Crippen molar-refractivity contribution in [3.05, 3.63) is 46.7 Å². The van der Waals surface area contributed by atoms with Crippen molar-refractivity contribution in [1.29, 1.82) is 0 Å². The van der Waals surface area contributed by atoms with Crippen molar-refractivity contribution < 1.29 is 4.39 Å². The lowest BCUT2D eigenvalue weighted by Crippen LogP contribution is -2.06. The first kappa shape index (κ1) is 9.78. The molecule has 1 aliphatic rings. The highest BCUT2D eigenvalue weighted by Gasteiger charge is 2.24. The molecule has 1 heterocycles. The van der Waals surface area contributed by atoms with E-state index in [1.807, 2.05) is 11.4 Å². The van der Waals surface area contributed by atoms with Gasteiger partial charge in [-0.3, -0.25) is 0 Å². The molecule has 0 fully saturated rings. The molecule has 0 aliphatic heterocycles. The summed E-state index contributed by atoms with van der Waals surface area (Å²) in [6.45, 7) is 0. The highest BCUT2D eigenvalue weighted by molar-refractivity contribution is 7.13. The number of nitrogens with zero attached hydrogens (tertiary/aromatic N) is 1. The normalized spacial score (nSPS) is 18.4. The molecule has 2 nitrogen and oxygen atoms in total. The SMILES string of the molecule is Fc1cccc2c1CCC2Nc1nccs1. The first-order valence-electron chi connectivity index (χ1n) is 5.28. The largest absolute Gasteiger partial charge is 0.355 e. The second kappa shape index (κ2) is 3.87. The van der Waals surface area contributed by atoms with Crippen LogP contribution in [0.3, 0.4) is 0 Å². The van der Waals surface area contributed by atoms with Crippen molar-refractivity contribution in [3.63, 3.8) is 0 Å². The molecule has 0 spiro atoms. The molecule has 0 bridgehead atoms. The molecule has 1 N–H and O–H groups in total. The fourth-order valence-corrected chi connectivity index (χ4v) is 2.79. The number of nitrogens with one attached hydrogen (secondary N) is 1.